The fourth-order valence-corrected chi connectivity index (χ4v) is 2.06. The lowest BCUT2D eigenvalue weighted by atomic mass is 10.1. The quantitative estimate of drug-likeness (QED) is 0.691. The predicted octanol–water partition coefficient (Wildman–Crippen LogP) is 0.644. The van der Waals surface area contributed by atoms with Crippen molar-refractivity contribution in [3.8, 4) is 0 Å². The normalized spacial score (nSPS) is 20.9. The smallest absolute Gasteiger partial charge is 0.237 e. The molecule has 1 rings (SSSR count). The molecule has 4 nitrogen and oxygen atoms in total. The summed E-state index contributed by atoms with van der Waals surface area (Å²) in [5.74, 6) is 0.0684. The van der Waals surface area contributed by atoms with Crippen LogP contribution in [0.5, 0.6) is 0 Å². The summed E-state index contributed by atoms with van der Waals surface area (Å²) in [6.45, 7) is 10.2. The highest BCUT2D eigenvalue weighted by molar-refractivity contribution is 5.78. The molecule has 0 aromatic carbocycles. The second-order valence-electron chi connectivity index (χ2n) is 4.41. The van der Waals surface area contributed by atoms with Gasteiger partial charge in [0.05, 0.1) is 12.6 Å². The molecule has 1 unspecified atom stereocenters. The fraction of sp³-hybridized carbons (Fsp3) is 0.615. The Balaban J connectivity index is 2.44. The molecule has 0 spiro atoms. The Kier molecular flexibility index (Phi) is 5.94. The van der Waals surface area contributed by atoms with Gasteiger partial charge < -0.3 is 10.0 Å². The van der Waals surface area contributed by atoms with Gasteiger partial charge in [-0.05, 0) is 19.4 Å². The summed E-state index contributed by atoms with van der Waals surface area (Å²) in [5, 5.41) is 9.54. The van der Waals surface area contributed by atoms with Crippen molar-refractivity contribution in [2.24, 2.45) is 0 Å². The van der Waals surface area contributed by atoms with Crippen molar-refractivity contribution in [1.29, 1.82) is 0 Å². The Morgan fingerprint density at radius 1 is 1.41 bits per heavy atom. The van der Waals surface area contributed by atoms with Crippen LogP contribution in [0.3, 0.4) is 0 Å². The third-order valence-corrected chi connectivity index (χ3v) is 2.89. The van der Waals surface area contributed by atoms with Crippen molar-refractivity contribution in [1.82, 2.24) is 9.80 Å². The Morgan fingerprint density at radius 3 is 2.59 bits per heavy atom. The maximum Gasteiger partial charge on any atom is 0.237 e. The van der Waals surface area contributed by atoms with E-state index >= 15 is 0 Å². The Morgan fingerprint density at radius 2 is 2.06 bits per heavy atom. The van der Waals surface area contributed by atoms with Crippen molar-refractivity contribution in [3.63, 3.8) is 0 Å². The topological polar surface area (TPSA) is 43.8 Å². The molecule has 1 aliphatic heterocycles. The van der Waals surface area contributed by atoms with E-state index in [4.69, 9.17) is 0 Å². The monoisotopic (exact) mass is 238 g/mol. The summed E-state index contributed by atoms with van der Waals surface area (Å²) in [5.41, 5.74) is 0. The van der Waals surface area contributed by atoms with E-state index in [1.807, 2.05) is 4.90 Å². The standard InChI is InChI=1S/C13H22N2O2/c1-3-7-15(8-4-2)13(17)11-14-9-5-6-12(16)10-14/h3-4,12,16H,1-2,5-11H2. The van der Waals surface area contributed by atoms with Gasteiger partial charge in [-0.1, -0.05) is 12.2 Å². The number of aliphatic hydroxyl groups is 1. The lowest BCUT2D eigenvalue weighted by molar-refractivity contribution is -0.132. The molecular weight excluding hydrogens is 216 g/mol. The molecule has 1 heterocycles. The number of likely N-dealkylation sites (tertiary alicyclic amines) is 1. The SMILES string of the molecule is C=CCN(CC=C)C(=O)CN1CCCC(O)C1. The van der Waals surface area contributed by atoms with E-state index in [0.29, 0.717) is 26.2 Å². The Hall–Kier alpha value is -1.13. The number of amides is 1. The first kappa shape index (κ1) is 13.9. The molecule has 0 bridgehead atoms. The van der Waals surface area contributed by atoms with Crippen LogP contribution in [0, 0.1) is 0 Å². The second kappa shape index (κ2) is 7.25. The molecule has 1 aliphatic rings. The molecule has 0 saturated carbocycles. The van der Waals surface area contributed by atoms with Gasteiger partial charge in [-0.2, -0.15) is 0 Å². The molecule has 0 aromatic heterocycles. The van der Waals surface area contributed by atoms with Gasteiger partial charge in [0, 0.05) is 19.6 Å². The minimum Gasteiger partial charge on any atom is -0.392 e. The lowest BCUT2D eigenvalue weighted by Gasteiger charge is -2.31. The zero-order valence-corrected chi connectivity index (χ0v) is 10.3. The zero-order valence-electron chi connectivity index (χ0n) is 10.3. The number of aliphatic hydroxyl groups excluding tert-OH is 1. The third-order valence-electron chi connectivity index (χ3n) is 2.89. The average molecular weight is 238 g/mol. The van der Waals surface area contributed by atoms with Gasteiger partial charge >= 0.3 is 0 Å². The van der Waals surface area contributed by atoms with Crippen molar-refractivity contribution >= 4 is 5.91 Å². The number of rotatable bonds is 6. The zero-order chi connectivity index (χ0) is 12.7. The van der Waals surface area contributed by atoms with E-state index in [2.05, 4.69) is 13.2 Å². The number of nitrogens with zero attached hydrogens (tertiary/aromatic N) is 2. The van der Waals surface area contributed by atoms with Crippen LogP contribution in [0.1, 0.15) is 12.8 Å². The van der Waals surface area contributed by atoms with Crippen LogP contribution in [0.4, 0.5) is 0 Å². The van der Waals surface area contributed by atoms with E-state index in [9.17, 15) is 9.90 Å². The van der Waals surface area contributed by atoms with Crippen LogP contribution in [-0.2, 0) is 4.79 Å². The molecule has 96 valence electrons. The van der Waals surface area contributed by atoms with E-state index in [-0.39, 0.29) is 12.0 Å². The maximum absolute atomic E-state index is 12.0. The molecular formula is C13H22N2O2. The van der Waals surface area contributed by atoms with Gasteiger partial charge in [-0.3, -0.25) is 9.69 Å². The highest BCUT2D eigenvalue weighted by Crippen LogP contribution is 2.09. The van der Waals surface area contributed by atoms with E-state index in [1.165, 1.54) is 0 Å². The molecule has 1 atom stereocenters. The summed E-state index contributed by atoms with van der Waals surface area (Å²) < 4.78 is 0. The Bertz CT molecular complexity index is 269. The minimum absolute atomic E-state index is 0.0684. The first-order valence-corrected chi connectivity index (χ1v) is 6.07. The van der Waals surface area contributed by atoms with Gasteiger partial charge in [0.1, 0.15) is 0 Å². The number of carbonyl (C=O) groups is 1. The van der Waals surface area contributed by atoms with Gasteiger partial charge in [0.15, 0.2) is 0 Å². The minimum atomic E-state index is -0.288. The maximum atomic E-state index is 12.0. The summed E-state index contributed by atoms with van der Waals surface area (Å²) in [6.07, 6.45) is 4.94. The Labute approximate surface area is 103 Å². The summed E-state index contributed by atoms with van der Waals surface area (Å²) >= 11 is 0. The van der Waals surface area contributed by atoms with Crippen LogP contribution in [0.15, 0.2) is 25.3 Å². The molecule has 17 heavy (non-hydrogen) atoms. The van der Waals surface area contributed by atoms with Gasteiger partial charge in [0.2, 0.25) is 5.91 Å². The summed E-state index contributed by atoms with van der Waals surface area (Å²) in [4.78, 5) is 15.7. The van der Waals surface area contributed by atoms with E-state index in [0.717, 1.165) is 19.4 Å². The van der Waals surface area contributed by atoms with Crippen LogP contribution in [-0.4, -0.2) is 59.6 Å². The van der Waals surface area contributed by atoms with Crippen LogP contribution >= 0.6 is 0 Å². The molecule has 0 aromatic rings. The van der Waals surface area contributed by atoms with Gasteiger partial charge in [0.25, 0.3) is 0 Å². The average Bonchev–Trinajstić information content (AvgIpc) is 2.28. The van der Waals surface area contributed by atoms with Crippen LogP contribution < -0.4 is 0 Å². The number of β-amino-alcohol motifs (C(OH)–C–C–N with tert-alkyl or cyclic N) is 1. The van der Waals surface area contributed by atoms with Crippen molar-refractivity contribution in [2.75, 3.05) is 32.7 Å². The van der Waals surface area contributed by atoms with Crippen molar-refractivity contribution < 1.29 is 9.90 Å². The second-order valence-corrected chi connectivity index (χ2v) is 4.41. The van der Waals surface area contributed by atoms with Crippen LogP contribution in [0.25, 0.3) is 0 Å². The van der Waals surface area contributed by atoms with Crippen molar-refractivity contribution in [2.45, 2.75) is 18.9 Å². The molecule has 1 fully saturated rings. The first-order chi connectivity index (χ1) is 8.17. The summed E-state index contributed by atoms with van der Waals surface area (Å²) in [6, 6.07) is 0. The number of hydrogen-bond acceptors (Lipinski definition) is 3. The molecule has 1 N–H and O–H groups in total. The van der Waals surface area contributed by atoms with Crippen LogP contribution in [0.2, 0.25) is 0 Å². The molecule has 0 radical (unpaired) electrons. The van der Waals surface area contributed by atoms with Crippen molar-refractivity contribution in [3.05, 3.63) is 25.3 Å². The third kappa shape index (κ3) is 4.71. The van der Waals surface area contributed by atoms with Gasteiger partial charge in [-0.15, -0.1) is 13.2 Å². The lowest BCUT2D eigenvalue weighted by Crippen LogP contribution is -2.45. The number of piperidine rings is 1. The predicted molar refractivity (Wildman–Crippen MR) is 68.7 cm³/mol. The van der Waals surface area contributed by atoms with E-state index < -0.39 is 0 Å². The number of hydrogen-bond donors (Lipinski definition) is 1. The number of carbonyl (C=O) groups excluding carboxylic acids is 1. The largest absolute Gasteiger partial charge is 0.392 e. The fourth-order valence-electron chi connectivity index (χ4n) is 2.06. The molecule has 1 saturated heterocycles. The summed E-state index contributed by atoms with van der Waals surface area (Å²) in [7, 11) is 0. The van der Waals surface area contributed by atoms with Gasteiger partial charge in [-0.25, -0.2) is 0 Å². The first-order valence-electron chi connectivity index (χ1n) is 6.07. The molecule has 1 amide bonds. The highest BCUT2D eigenvalue weighted by Gasteiger charge is 2.21. The molecule has 0 aliphatic carbocycles. The van der Waals surface area contributed by atoms with E-state index in [1.54, 1.807) is 17.1 Å². The highest BCUT2D eigenvalue weighted by atomic mass is 16.3. The molecule has 4 heteroatoms.